The number of aromatic amines is 1. The number of nitrogen functional groups attached to an aromatic ring is 1. The minimum absolute atomic E-state index is 0.154. The quantitative estimate of drug-likeness (QED) is 0.731. The Balaban J connectivity index is 2.02. The minimum atomic E-state index is 0.154. The van der Waals surface area contributed by atoms with Crippen molar-refractivity contribution in [2.75, 3.05) is 19.6 Å². The molecule has 1 aromatic carbocycles. The van der Waals surface area contributed by atoms with Gasteiger partial charge in [-0.05, 0) is 6.07 Å². The molecule has 0 fully saturated rings. The first-order valence-corrected chi connectivity index (χ1v) is 6.21. The molecule has 2 aromatic heterocycles. The number of hydrogen-bond acceptors (Lipinski definition) is 7. The number of fused-ring (bicyclic) bond motifs is 2. The van der Waals surface area contributed by atoms with Crippen molar-refractivity contribution in [1.82, 2.24) is 20.2 Å². The van der Waals surface area contributed by atoms with Crippen LogP contribution in [-0.2, 0) is 0 Å². The van der Waals surface area contributed by atoms with Gasteiger partial charge >= 0.3 is 0 Å². The number of H-pyrrole nitrogens is 1. The van der Waals surface area contributed by atoms with Crippen LogP contribution in [0.4, 0.5) is 5.95 Å². The highest BCUT2D eigenvalue weighted by molar-refractivity contribution is 5.93. The second kappa shape index (κ2) is 4.23. The molecule has 0 saturated heterocycles. The van der Waals surface area contributed by atoms with Gasteiger partial charge in [0.25, 0.3) is 0 Å². The van der Waals surface area contributed by atoms with Crippen LogP contribution in [-0.4, -0.2) is 34.1 Å². The van der Waals surface area contributed by atoms with Crippen LogP contribution >= 0.6 is 0 Å². The fourth-order valence-corrected chi connectivity index (χ4v) is 2.33. The Morgan fingerprint density at radius 1 is 1.24 bits per heavy atom. The standard InChI is InChI=1S/C13H11N5O3/c1-19-8-3-10-9(20-5-21-10)2-6(8)11-7-4-15-18-12(7)17-13(14)16-11/h2-4H,5H2,1H3,(H3,14,15,16,17,18). The van der Waals surface area contributed by atoms with E-state index in [-0.39, 0.29) is 12.7 Å². The summed E-state index contributed by atoms with van der Waals surface area (Å²) in [6, 6.07) is 3.58. The Morgan fingerprint density at radius 3 is 2.86 bits per heavy atom. The van der Waals surface area contributed by atoms with E-state index in [0.717, 1.165) is 10.9 Å². The van der Waals surface area contributed by atoms with E-state index in [1.807, 2.05) is 6.07 Å². The van der Waals surface area contributed by atoms with Crippen LogP contribution in [0.2, 0.25) is 0 Å². The SMILES string of the molecule is COc1cc2c(cc1-c1nc(N)nc3[nH]ncc13)OCO2. The van der Waals surface area contributed by atoms with Crippen LogP contribution in [0.3, 0.4) is 0 Å². The molecule has 0 saturated carbocycles. The fraction of sp³-hybridized carbons (Fsp3) is 0.154. The summed E-state index contributed by atoms with van der Waals surface area (Å²) >= 11 is 0. The Morgan fingerprint density at radius 2 is 2.05 bits per heavy atom. The number of nitrogens with zero attached hydrogens (tertiary/aromatic N) is 3. The highest BCUT2D eigenvalue weighted by Crippen LogP contribution is 2.43. The van der Waals surface area contributed by atoms with E-state index in [0.29, 0.717) is 28.6 Å². The maximum atomic E-state index is 5.76. The molecule has 1 aliphatic rings. The van der Waals surface area contributed by atoms with E-state index in [4.69, 9.17) is 19.9 Å². The normalized spacial score (nSPS) is 12.8. The summed E-state index contributed by atoms with van der Waals surface area (Å²) < 4.78 is 16.2. The number of nitrogens with two attached hydrogens (primary N) is 1. The van der Waals surface area contributed by atoms with E-state index in [1.54, 1.807) is 19.4 Å². The third-order valence-electron chi connectivity index (χ3n) is 3.28. The number of hydrogen-bond donors (Lipinski definition) is 2. The molecule has 0 atom stereocenters. The van der Waals surface area contributed by atoms with Crippen molar-refractivity contribution in [3.05, 3.63) is 18.3 Å². The van der Waals surface area contributed by atoms with Crippen LogP contribution in [0, 0.1) is 0 Å². The largest absolute Gasteiger partial charge is 0.496 e. The van der Waals surface area contributed by atoms with Gasteiger partial charge in [0.05, 0.1) is 24.4 Å². The Bertz CT molecular complexity index is 845. The van der Waals surface area contributed by atoms with Gasteiger partial charge in [-0.3, -0.25) is 5.10 Å². The maximum absolute atomic E-state index is 5.76. The summed E-state index contributed by atoms with van der Waals surface area (Å²) in [5.41, 5.74) is 7.69. The molecule has 8 heteroatoms. The monoisotopic (exact) mass is 285 g/mol. The van der Waals surface area contributed by atoms with Crippen LogP contribution in [0.5, 0.6) is 17.2 Å². The summed E-state index contributed by atoms with van der Waals surface area (Å²) in [5, 5.41) is 7.51. The smallest absolute Gasteiger partial charge is 0.231 e. The highest BCUT2D eigenvalue weighted by Gasteiger charge is 2.21. The molecule has 0 bridgehead atoms. The van der Waals surface area contributed by atoms with Gasteiger partial charge in [0, 0.05) is 11.6 Å². The number of rotatable bonds is 2. The predicted molar refractivity (Wildman–Crippen MR) is 74.2 cm³/mol. The number of ether oxygens (including phenoxy) is 3. The van der Waals surface area contributed by atoms with Crippen LogP contribution in [0.25, 0.3) is 22.3 Å². The van der Waals surface area contributed by atoms with Crippen molar-refractivity contribution in [2.45, 2.75) is 0 Å². The molecular weight excluding hydrogens is 274 g/mol. The lowest BCUT2D eigenvalue weighted by atomic mass is 10.1. The molecular formula is C13H11N5O3. The second-order valence-corrected chi connectivity index (χ2v) is 4.47. The van der Waals surface area contributed by atoms with Crippen LogP contribution in [0.15, 0.2) is 18.3 Å². The zero-order valence-corrected chi connectivity index (χ0v) is 11.1. The van der Waals surface area contributed by atoms with Gasteiger partial charge in [-0.2, -0.15) is 10.1 Å². The van der Waals surface area contributed by atoms with Crippen molar-refractivity contribution >= 4 is 17.0 Å². The van der Waals surface area contributed by atoms with Crippen LogP contribution < -0.4 is 19.9 Å². The summed E-state index contributed by atoms with van der Waals surface area (Å²) in [5.74, 6) is 2.04. The molecule has 4 rings (SSSR count). The van der Waals surface area contributed by atoms with Gasteiger partial charge in [0.15, 0.2) is 17.1 Å². The Hall–Kier alpha value is -3.03. The molecule has 21 heavy (non-hydrogen) atoms. The van der Waals surface area contributed by atoms with Crippen LogP contribution in [0.1, 0.15) is 0 Å². The van der Waals surface area contributed by atoms with Crippen molar-refractivity contribution in [1.29, 1.82) is 0 Å². The second-order valence-electron chi connectivity index (χ2n) is 4.47. The third kappa shape index (κ3) is 1.72. The average Bonchev–Trinajstić information content (AvgIpc) is 3.12. The molecule has 1 aliphatic heterocycles. The number of benzene rings is 1. The van der Waals surface area contributed by atoms with E-state index < -0.39 is 0 Å². The summed E-state index contributed by atoms with van der Waals surface area (Å²) in [4.78, 5) is 8.41. The molecule has 8 nitrogen and oxygen atoms in total. The molecule has 0 radical (unpaired) electrons. The van der Waals surface area contributed by atoms with Gasteiger partial charge in [-0.15, -0.1) is 0 Å². The number of nitrogens with one attached hydrogen (secondary N) is 1. The first-order chi connectivity index (χ1) is 10.3. The minimum Gasteiger partial charge on any atom is -0.496 e. The molecule has 3 aromatic rings. The first kappa shape index (κ1) is 11.8. The highest BCUT2D eigenvalue weighted by atomic mass is 16.7. The van der Waals surface area contributed by atoms with Gasteiger partial charge < -0.3 is 19.9 Å². The summed E-state index contributed by atoms with van der Waals surface area (Å²) in [6.07, 6.45) is 1.65. The van der Waals surface area contributed by atoms with Crippen molar-refractivity contribution in [3.63, 3.8) is 0 Å². The molecule has 0 aliphatic carbocycles. The lowest BCUT2D eigenvalue weighted by Gasteiger charge is -2.10. The van der Waals surface area contributed by atoms with Gasteiger partial charge in [-0.25, -0.2) is 4.98 Å². The van der Waals surface area contributed by atoms with E-state index in [2.05, 4.69) is 20.2 Å². The Labute approximate surface area is 118 Å². The third-order valence-corrected chi connectivity index (χ3v) is 3.28. The predicted octanol–water partition coefficient (Wildman–Crippen LogP) is 1.34. The van der Waals surface area contributed by atoms with Gasteiger partial charge in [0.1, 0.15) is 5.75 Å². The zero-order chi connectivity index (χ0) is 14.4. The summed E-state index contributed by atoms with van der Waals surface area (Å²) in [6.45, 7) is 0.189. The zero-order valence-electron chi connectivity index (χ0n) is 11.1. The number of aromatic nitrogens is 4. The lowest BCUT2D eigenvalue weighted by Crippen LogP contribution is -1.98. The van der Waals surface area contributed by atoms with Crippen molar-refractivity contribution in [3.8, 4) is 28.5 Å². The molecule has 3 heterocycles. The molecule has 0 amide bonds. The lowest BCUT2D eigenvalue weighted by molar-refractivity contribution is 0.174. The molecule has 3 N–H and O–H groups in total. The Kier molecular flexibility index (Phi) is 2.37. The van der Waals surface area contributed by atoms with Gasteiger partial charge in [-0.1, -0.05) is 0 Å². The molecule has 106 valence electrons. The van der Waals surface area contributed by atoms with Gasteiger partial charge in [0.2, 0.25) is 12.7 Å². The number of anilines is 1. The maximum Gasteiger partial charge on any atom is 0.231 e. The first-order valence-electron chi connectivity index (χ1n) is 6.21. The van der Waals surface area contributed by atoms with E-state index in [9.17, 15) is 0 Å². The van der Waals surface area contributed by atoms with E-state index in [1.165, 1.54) is 0 Å². The molecule has 0 spiro atoms. The van der Waals surface area contributed by atoms with Crippen molar-refractivity contribution in [2.24, 2.45) is 0 Å². The topological polar surface area (TPSA) is 108 Å². The number of methoxy groups -OCH3 is 1. The molecule has 0 unspecified atom stereocenters. The summed E-state index contributed by atoms with van der Waals surface area (Å²) in [7, 11) is 1.58. The van der Waals surface area contributed by atoms with Crippen molar-refractivity contribution < 1.29 is 14.2 Å². The fourth-order valence-electron chi connectivity index (χ4n) is 2.33. The van der Waals surface area contributed by atoms with E-state index >= 15 is 0 Å². The average molecular weight is 285 g/mol.